The number of thioether (sulfide) groups is 1. The van der Waals surface area contributed by atoms with Crippen molar-refractivity contribution in [1.29, 1.82) is 0 Å². The number of fused-ring (bicyclic) bond motifs is 1. The topological polar surface area (TPSA) is 61.4 Å². The zero-order valence-electron chi connectivity index (χ0n) is 14.1. The molecule has 0 saturated heterocycles. The van der Waals surface area contributed by atoms with Crippen LogP contribution in [0, 0.1) is 0 Å². The molecule has 130 valence electrons. The summed E-state index contributed by atoms with van der Waals surface area (Å²) in [6, 6.07) is 17.7. The van der Waals surface area contributed by atoms with E-state index in [9.17, 15) is 9.59 Å². The van der Waals surface area contributed by atoms with Crippen LogP contribution >= 0.6 is 11.8 Å². The van der Waals surface area contributed by atoms with E-state index in [4.69, 9.17) is 0 Å². The molecule has 2 aromatic carbocycles. The Kier molecular flexibility index (Phi) is 5.60. The van der Waals surface area contributed by atoms with Crippen molar-refractivity contribution in [1.82, 2.24) is 5.32 Å². The van der Waals surface area contributed by atoms with Crippen molar-refractivity contribution >= 4 is 35.0 Å². The number of para-hydroxylation sites is 2. The number of likely N-dealkylation sites (N-methyl/N-ethyl adjacent to an activating group) is 1. The van der Waals surface area contributed by atoms with Gasteiger partial charge in [-0.3, -0.25) is 9.59 Å². The smallest absolute Gasteiger partial charge is 0.238 e. The largest absolute Gasteiger partial charge is 0.373 e. The fraction of sp³-hybridized carbons (Fsp3) is 0.263. The Morgan fingerprint density at radius 1 is 1.16 bits per heavy atom. The highest BCUT2D eigenvalue weighted by atomic mass is 32.2. The molecule has 0 fully saturated rings. The van der Waals surface area contributed by atoms with Gasteiger partial charge in [-0.15, -0.1) is 11.8 Å². The molecule has 0 bridgehead atoms. The average Bonchev–Trinajstić information content (AvgIpc) is 2.63. The van der Waals surface area contributed by atoms with Crippen molar-refractivity contribution in [3.63, 3.8) is 0 Å². The molecule has 25 heavy (non-hydrogen) atoms. The number of hydrogen-bond donors (Lipinski definition) is 2. The van der Waals surface area contributed by atoms with E-state index in [2.05, 4.69) is 15.5 Å². The third-order valence-corrected chi connectivity index (χ3v) is 5.32. The summed E-state index contributed by atoms with van der Waals surface area (Å²) in [6.45, 7) is 1.25. The molecule has 0 radical (unpaired) electrons. The highest BCUT2D eigenvalue weighted by molar-refractivity contribution is 8.01. The molecule has 1 aliphatic rings. The van der Waals surface area contributed by atoms with E-state index in [1.165, 1.54) is 11.8 Å². The molecule has 0 unspecified atom stereocenters. The summed E-state index contributed by atoms with van der Waals surface area (Å²) in [4.78, 5) is 27.4. The molecule has 5 nitrogen and oxygen atoms in total. The van der Waals surface area contributed by atoms with E-state index in [1.807, 2.05) is 61.6 Å². The van der Waals surface area contributed by atoms with Gasteiger partial charge in [0, 0.05) is 37.1 Å². The first kappa shape index (κ1) is 17.4. The van der Waals surface area contributed by atoms with Crippen LogP contribution in [0.2, 0.25) is 0 Å². The summed E-state index contributed by atoms with van der Waals surface area (Å²) < 4.78 is 0. The number of carbonyl (C=O) groups excluding carboxylic acids is 2. The first-order valence-corrected chi connectivity index (χ1v) is 9.11. The minimum atomic E-state index is -0.387. The van der Waals surface area contributed by atoms with Crippen molar-refractivity contribution in [3.05, 3.63) is 54.6 Å². The molecule has 2 amide bonds. The zero-order valence-corrected chi connectivity index (χ0v) is 14.9. The van der Waals surface area contributed by atoms with Crippen LogP contribution in [0.3, 0.4) is 0 Å². The maximum atomic E-state index is 12.2. The number of carbonyl (C=O) groups is 2. The number of anilines is 2. The summed E-state index contributed by atoms with van der Waals surface area (Å²) in [5.74, 6) is -0.214. The van der Waals surface area contributed by atoms with Crippen LogP contribution < -0.4 is 15.5 Å². The van der Waals surface area contributed by atoms with Crippen LogP contribution in [0.1, 0.15) is 6.42 Å². The minimum Gasteiger partial charge on any atom is -0.373 e. The number of nitrogens with one attached hydrogen (secondary N) is 2. The quantitative estimate of drug-likeness (QED) is 0.836. The summed E-state index contributed by atoms with van der Waals surface area (Å²) >= 11 is 1.45. The lowest BCUT2D eigenvalue weighted by Gasteiger charge is -2.24. The van der Waals surface area contributed by atoms with Gasteiger partial charge >= 0.3 is 0 Å². The van der Waals surface area contributed by atoms with E-state index >= 15 is 0 Å². The second-order valence-corrected chi connectivity index (χ2v) is 7.15. The van der Waals surface area contributed by atoms with Gasteiger partial charge in [-0.1, -0.05) is 30.3 Å². The van der Waals surface area contributed by atoms with Gasteiger partial charge < -0.3 is 15.5 Å². The number of nitrogens with zero attached hydrogens (tertiary/aromatic N) is 1. The molecule has 1 aliphatic heterocycles. The van der Waals surface area contributed by atoms with Crippen LogP contribution in [0.5, 0.6) is 0 Å². The van der Waals surface area contributed by atoms with Gasteiger partial charge in [-0.2, -0.15) is 0 Å². The van der Waals surface area contributed by atoms with Gasteiger partial charge in [0.05, 0.1) is 10.9 Å². The van der Waals surface area contributed by atoms with E-state index in [0.29, 0.717) is 13.1 Å². The van der Waals surface area contributed by atoms with Crippen LogP contribution in [0.15, 0.2) is 59.5 Å². The van der Waals surface area contributed by atoms with E-state index in [1.54, 1.807) is 0 Å². The van der Waals surface area contributed by atoms with E-state index < -0.39 is 0 Å². The Bertz CT molecular complexity index is 751. The van der Waals surface area contributed by atoms with Crippen LogP contribution in [-0.2, 0) is 9.59 Å². The average molecular weight is 355 g/mol. The summed E-state index contributed by atoms with van der Waals surface area (Å²) in [5, 5.41) is 5.38. The second kappa shape index (κ2) is 8.07. The Balaban J connectivity index is 1.46. The van der Waals surface area contributed by atoms with Gasteiger partial charge in [0.1, 0.15) is 0 Å². The Morgan fingerprint density at radius 2 is 1.88 bits per heavy atom. The molecule has 2 N–H and O–H groups in total. The van der Waals surface area contributed by atoms with Crippen LogP contribution in [0.4, 0.5) is 11.4 Å². The van der Waals surface area contributed by atoms with E-state index in [-0.39, 0.29) is 23.5 Å². The van der Waals surface area contributed by atoms with Gasteiger partial charge in [0.2, 0.25) is 11.8 Å². The van der Waals surface area contributed by atoms with Gasteiger partial charge in [-0.05, 0) is 24.3 Å². The van der Waals surface area contributed by atoms with E-state index in [0.717, 1.165) is 16.3 Å². The standard InChI is InChI=1S/C19H21N3O2S/c1-22(14-7-3-2-4-8-14)12-11-20-18(23)13-17-19(24)21-15-9-5-6-10-16(15)25-17/h2-10,17H,11-13H2,1H3,(H,20,23)(H,21,24)/t17-/m0/s1. The Hall–Kier alpha value is -2.47. The number of benzene rings is 2. The summed E-state index contributed by atoms with van der Waals surface area (Å²) in [6.07, 6.45) is 0.180. The second-order valence-electron chi connectivity index (χ2n) is 5.90. The molecule has 1 heterocycles. The lowest BCUT2D eigenvalue weighted by molar-refractivity contribution is -0.124. The van der Waals surface area contributed by atoms with Crippen molar-refractivity contribution in [2.24, 2.45) is 0 Å². The molecular formula is C19H21N3O2S. The lowest BCUT2D eigenvalue weighted by Crippen LogP contribution is -2.37. The molecule has 2 aromatic rings. The summed E-state index contributed by atoms with van der Waals surface area (Å²) in [7, 11) is 1.99. The monoisotopic (exact) mass is 355 g/mol. The Labute approximate surface area is 151 Å². The van der Waals surface area contributed by atoms with Crippen LogP contribution in [0.25, 0.3) is 0 Å². The molecule has 0 spiro atoms. The van der Waals surface area contributed by atoms with Crippen molar-refractivity contribution in [2.45, 2.75) is 16.6 Å². The third-order valence-electron chi connectivity index (χ3n) is 4.04. The zero-order chi connectivity index (χ0) is 17.6. The number of hydrogen-bond acceptors (Lipinski definition) is 4. The molecule has 0 saturated carbocycles. The molecular weight excluding hydrogens is 334 g/mol. The minimum absolute atomic E-state index is 0.103. The predicted molar refractivity (Wildman–Crippen MR) is 102 cm³/mol. The SMILES string of the molecule is CN(CCNC(=O)C[C@@H]1Sc2ccccc2NC1=O)c1ccccc1. The van der Waals surface area contributed by atoms with Gasteiger partial charge in [0.25, 0.3) is 0 Å². The highest BCUT2D eigenvalue weighted by Gasteiger charge is 2.28. The Morgan fingerprint density at radius 3 is 2.68 bits per heavy atom. The fourth-order valence-electron chi connectivity index (χ4n) is 2.64. The van der Waals surface area contributed by atoms with Crippen molar-refractivity contribution < 1.29 is 9.59 Å². The molecule has 1 atom stereocenters. The molecule has 6 heteroatoms. The molecule has 0 aliphatic carbocycles. The maximum absolute atomic E-state index is 12.2. The normalized spacial score (nSPS) is 15.9. The lowest BCUT2D eigenvalue weighted by atomic mass is 10.2. The molecule has 3 rings (SSSR count). The fourth-order valence-corrected chi connectivity index (χ4v) is 3.75. The summed E-state index contributed by atoms with van der Waals surface area (Å²) in [5.41, 5.74) is 1.93. The number of rotatable bonds is 6. The van der Waals surface area contributed by atoms with Crippen molar-refractivity contribution in [3.8, 4) is 0 Å². The third kappa shape index (κ3) is 4.54. The highest BCUT2D eigenvalue weighted by Crippen LogP contribution is 2.36. The van der Waals surface area contributed by atoms with Crippen molar-refractivity contribution in [2.75, 3.05) is 30.4 Å². The maximum Gasteiger partial charge on any atom is 0.238 e. The predicted octanol–water partition coefficient (Wildman–Crippen LogP) is 2.74. The first-order valence-electron chi connectivity index (χ1n) is 8.23. The number of amides is 2. The van der Waals surface area contributed by atoms with Gasteiger partial charge in [-0.25, -0.2) is 0 Å². The van der Waals surface area contributed by atoms with Gasteiger partial charge in [0.15, 0.2) is 0 Å². The first-order chi connectivity index (χ1) is 12.1. The van der Waals surface area contributed by atoms with Crippen LogP contribution in [-0.4, -0.2) is 37.2 Å². The molecule has 0 aromatic heterocycles.